The van der Waals surface area contributed by atoms with Crippen LogP contribution < -0.4 is 10.1 Å². The number of benzene rings is 2. The largest absolute Gasteiger partial charge is 0.492 e. The van der Waals surface area contributed by atoms with Crippen molar-refractivity contribution in [1.82, 2.24) is 0 Å². The van der Waals surface area contributed by atoms with Gasteiger partial charge in [0.15, 0.2) is 5.78 Å². The first-order valence-electron chi connectivity index (χ1n) is 7.17. The highest BCUT2D eigenvalue weighted by Crippen LogP contribution is 2.27. The molecule has 0 saturated heterocycles. The van der Waals surface area contributed by atoms with Gasteiger partial charge in [-0.05, 0) is 50.6 Å². The molecule has 0 aliphatic heterocycles. The van der Waals surface area contributed by atoms with Gasteiger partial charge in [-0.15, -0.1) is 0 Å². The molecule has 0 saturated carbocycles. The summed E-state index contributed by atoms with van der Waals surface area (Å²) in [6, 6.07) is 12.4. The lowest BCUT2D eigenvalue weighted by atomic mass is 10.1. The van der Waals surface area contributed by atoms with Crippen molar-refractivity contribution in [3.8, 4) is 5.75 Å². The molecule has 0 aliphatic carbocycles. The van der Waals surface area contributed by atoms with E-state index < -0.39 is 0 Å². The minimum absolute atomic E-state index is 0.0607. The van der Waals surface area contributed by atoms with E-state index >= 15 is 0 Å². The van der Waals surface area contributed by atoms with Crippen molar-refractivity contribution in [3.05, 3.63) is 59.2 Å². The Bertz CT molecular complexity index is 707. The molecule has 0 aromatic heterocycles. The van der Waals surface area contributed by atoms with Gasteiger partial charge in [0.1, 0.15) is 5.75 Å². The molecule has 0 unspecified atom stereocenters. The predicted octanol–water partition coefficient (Wildman–Crippen LogP) is 3.85. The standard InChI is InChI=1S/C18H19NO3/c1-4-22-17-10-9-14(13(3)20)11-16(17)19-18(21)15-8-6-5-7-12(15)2/h5-11H,4H2,1-3H3,(H,19,21). The molecule has 22 heavy (non-hydrogen) atoms. The quantitative estimate of drug-likeness (QED) is 0.853. The van der Waals surface area contributed by atoms with Gasteiger partial charge < -0.3 is 10.1 Å². The van der Waals surface area contributed by atoms with Crippen LogP contribution in [0.4, 0.5) is 5.69 Å². The van der Waals surface area contributed by atoms with E-state index in [1.165, 1.54) is 6.92 Å². The first kappa shape index (κ1) is 15.8. The summed E-state index contributed by atoms with van der Waals surface area (Å²) in [5, 5.41) is 2.83. The molecule has 2 aromatic rings. The average Bonchev–Trinajstić information content (AvgIpc) is 2.49. The van der Waals surface area contributed by atoms with Crippen molar-refractivity contribution in [2.45, 2.75) is 20.8 Å². The molecule has 0 atom stereocenters. The fraction of sp³-hybridized carbons (Fsp3) is 0.222. The molecular formula is C18H19NO3. The Balaban J connectivity index is 2.34. The highest BCUT2D eigenvalue weighted by atomic mass is 16.5. The number of carbonyl (C=O) groups excluding carboxylic acids is 2. The molecule has 1 amide bonds. The normalized spacial score (nSPS) is 10.1. The minimum Gasteiger partial charge on any atom is -0.492 e. The van der Waals surface area contributed by atoms with Gasteiger partial charge >= 0.3 is 0 Å². The van der Waals surface area contributed by atoms with E-state index in [0.717, 1.165) is 5.56 Å². The second-order valence-electron chi connectivity index (χ2n) is 4.97. The van der Waals surface area contributed by atoms with Crippen molar-refractivity contribution in [2.75, 3.05) is 11.9 Å². The highest BCUT2D eigenvalue weighted by Gasteiger charge is 2.13. The lowest BCUT2D eigenvalue weighted by Crippen LogP contribution is -2.14. The second-order valence-corrected chi connectivity index (χ2v) is 4.97. The van der Waals surface area contributed by atoms with Crippen molar-refractivity contribution in [1.29, 1.82) is 0 Å². The van der Waals surface area contributed by atoms with Crippen molar-refractivity contribution in [3.63, 3.8) is 0 Å². The van der Waals surface area contributed by atoms with Crippen LogP contribution >= 0.6 is 0 Å². The maximum Gasteiger partial charge on any atom is 0.256 e. The van der Waals surface area contributed by atoms with Crippen molar-refractivity contribution >= 4 is 17.4 Å². The van der Waals surface area contributed by atoms with Gasteiger partial charge in [0, 0.05) is 11.1 Å². The number of ether oxygens (including phenoxy) is 1. The Morgan fingerprint density at radius 1 is 1.14 bits per heavy atom. The van der Waals surface area contributed by atoms with Crippen LogP contribution in [0.5, 0.6) is 5.75 Å². The molecule has 0 spiro atoms. The molecule has 0 bridgehead atoms. The summed E-state index contributed by atoms with van der Waals surface area (Å²) in [7, 11) is 0. The number of hydrogen-bond acceptors (Lipinski definition) is 3. The molecule has 0 radical (unpaired) electrons. The van der Waals surface area contributed by atoms with Gasteiger partial charge in [0.05, 0.1) is 12.3 Å². The molecule has 2 aromatic carbocycles. The second kappa shape index (κ2) is 6.89. The van der Waals surface area contributed by atoms with E-state index in [4.69, 9.17) is 4.74 Å². The number of carbonyl (C=O) groups is 2. The van der Waals surface area contributed by atoms with Gasteiger partial charge in [-0.25, -0.2) is 0 Å². The third-order valence-electron chi connectivity index (χ3n) is 3.32. The molecule has 4 heteroatoms. The number of nitrogens with one attached hydrogen (secondary N) is 1. The Hall–Kier alpha value is -2.62. The van der Waals surface area contributed by atoms with E-state index in [9.17, 15) is 9.59 Å². The number of amides is 1. The monoisotopic (exact) mass is 297 g/mol. The van der Waals surface area contributed by atoms with Crippen LogP contribution in [0.25, 0.3) is 0 Å². The first-order chi connectivity index (χ1) is 10.5. The third-order valence-corrected chi connectivity index (χ3v) is 3.32. The molecule has 2 rings (SSSR count). The summed E-state index contributed by atoms with van der Waals surface area (Å²) in [4.78, 5) is 23.9. The summed E-state index contributed by atoms with van der Waals surface area (Å²) in [5.41, 5.74) is 2.52. The smallest absolute Gasteiger partial charge is 0.256 e. The lowest BCUT2D eigenvalue weighted by Gasteiger charge is -2.13. The van der Waals surface area contributed by atoms with E-state index in [0.29, 0.717) is 29.2 Å². The maximum absolute atomic E-state index is 12.4. The van der Waals surface area contributed by atoms with Crippen molar-refractivity contribution < 1.29 is 14.3 Å². The van der Waals surface area contributed by atoms with E-state index in [2.05, 4.69) is 5.32 Å². The lowest BCUT2D eigenvalue weighted by molar-refractivity contribution is 0.101. The third kappa shape index (κ3) is 3.52. The summed E-state index contributed by atoms with van der Waals surface area (Å²) < 4.78 is 5.51. The van der Waals surface area contributed by atoms with Crippen molar-refractivity contribution in [2.24, 2.45) is 0 Å². The SMILES string of the molecule is CCOc1ccc(C(C)=O)cc1NC(=O)c1ccccc1C. The van der Waals surface area contributed by atoms with E-state index in [1.54, 1.807) is 24.3 Å². The zero-order valence-corrected chi connectivity index (χ0v) is 13.0. The highest BCUT2D eigenvalue weighted by molar-refractivity contribution is 6.06. The molecule has 114 valence electrons. The Morgan fingerprint density at radius 2 is 1.86 bits per heavy atom. The molecule has 4 nitrogen and oxygen atoms in total. The van der Waals surface area contributed by atoms with E-state index in [-0.39, 0.29) is 11.7 Å². The summed E-state index contributed by atoms with van der Waals surface area (Å²) in [6.07, 6.45) is 0. The van der Waals surface area contributed by atoms with Gasteiger partial charge in [-0.2, -0.15) is 0 Å². The summed E-state index contributed by atoms with van der Waals surface area (Å²) in [5.74, 6) is 0.267. The van der Waals surface area contributed by atoms with Crippen LogP contribution in [-0.2, 0) is 0 Å². The van der Waals surface area contributed by atoms with Gasteiger partial charge in [0.25, 0.3) is 5.91 Å². The zero-order valence-electron chi connectivity index (χ0n) is 13.0. The maximum atomic E-state index is 12.4. The first-order valence-corrected chi connectivity index (χ1v) is 7.17. The molecule has 0 heterocycles. The summed E-state index contributed by atoms with van der Waals surface area (Å²) in [6.45, 7) is 5.71. The van der Waals surface area contributed by atoms with Gasteiger partial charge in [0.2, 0.25) is 0 Å². The fourth-order valence-electron chi connectivity index (χ4n) is 2.15. The number of ketones is 1. The van der Waals surface area contributed by atoms with Crippen LogP contribution in [0, 0.1) is 6.92 Å². The zero-order chi connectivity index (χ0) is 16.1. The van der Waals surface area contributed by atoms with Gasteiger partial charge in [-0.1, -0.05) is 18.2 Å². The predicted molar refractivity (Wildman–Crippen MR) is 86.7 cm³/mol. The average molecular weight is 297 g/mol. The van der Waals surface area contributed by atoms with Crippen LogP contribution in [0.15, 0.2) is 42.5 Å². The molecule has 0 aliphatic rings. The number of hydrogen-bond donors (Lipinski definition) is 1. The molecular weight excluding hydrogens is 278 g/mol. The number of rotatable bonds is 5. The van der Waals surface area contributed by atoms with Crippen LogP contribution in [0.2, 0.25) is 0 Å². The van der Waals surface area contributed by atoms with Gasteiger partial charge in [-0.3, -0.25) is 9.59 Å². The molecule has 0 fully saturated rings. The number of anilines is 1. The topological polar surface area (TPSA) is 55.4 Å². The number of Topliss-reactive ketones (excluding diaryl/α,β-unsaturated/α-hetero) is 1. The Kier molecular flexibility index (Phi) is 4.94. The Labute approximate surface area is 130 Å². The van der Waals surface area contributed by atoms with Crippen LogP contribution in [0.1, 0.15) is 40.1 Å². The van der Waals surface area contributed by atoms with Crippen LogP contribution in [0.3, 0.4) is 0 Å². The van der Waals surface area contributed by atoms with E-state index in [1.807, 2.05) is 32.0 Å². The number of aryl methyl sites for hydroxylation is 1. The summed E-state index contributed by atoms with van der Waals surface area (Å²) >= 11 is 0. The molecule has 1 N–H and O–H groups in total. The van der Waals surface area contributed by atoms with Crippen LogP contribution in [-0.4, -0.2) is 18.3 Å². The minimum atomic E-state index is -0.222. The Morgan fingerprint density at radius 3 is 2.50 bits per heavy atom. The fourth-order valence-corrected chi connectivity index (χ4v) is 2.15.